The number of hydrogen-bond acceptors (Lipinski definition) is 10. The molecule has 2 amide bonds. The summed E-state index contributed by atoms with van der Waals surface area (Å²) in [5.74, 6) is -0.00122. The van der Waals surface area contributed by atoms with Gasteiger partial charge in [0.05, 0.1) is 12.6 Å². The van der Waals surface area contributed by atoms with Crippen molar-refractivity contribution in [2.45, 2.75) is 71.1 Å². The summed E-state index contributed by atoms with van der Waals surface area (Å²) in [5, 5.41) is 14.8. The van der Waals surface area contributed by atoms with Crippen LogP contribution in [-0.2, 0) is 29.0 Å². The highest BCUT2D eigenvalue weighted by atomic mass is 16.5. The second kappa shape index (κ2) is 16.7. The van der Waals surface area contributed by atoms with E-state index in [0.29, 0.717) is 55.1 Å². The first-order valence-electron chi connectivity index (χ1n) is 19.1. The zero-order chi connectivity index (χ0) is 39.3. The summed E-state index contributed by atoms with van der Waals surface area (Å²) in [7, 11) is 3.81. The minimum Gasteiger partial charge on any atom is -0.460 e. The Morgan fingerprint density at radius 2 is 1.75 bits per heavy atom. The zero-order valence-corrected chi connectivity index (χ0v) is 32.2. The molecule has 290 valence electrons. The van der Waals surface area contributed by atoms with Crippen LogP contribution >= 0.6 is 0 Å². The Balaban J connectivity index is 0.953. The van der Waals surface area contributed by atoms with E-state index in [1.54, 1.807) is 18.2 Å². The third kappa shape index (κ3) is 8.27. The Bertz CT molecular complexity index is 2220. The van der Waals surface area contributed by atoms with E-state index in [9.17, 15) is 19.2 Å². The number of hydrogen-bond donors (Lipinski definition) is 2. The van der Waals surface area contributed by atoms with Crippen molar-refractivity contribution in [1.82, 2.24) is 25.0 Å². The van der Waals surface area contributed by atoms with Gasteiger partial charge in [-0.1, -0.05) is 37.3 Å². The van der Waals surface area contributed by atoms with Gasteiger partial charge in [0, 0.05) is 65.7 Å². The molecule has 7 rings (SSSR count). The summed E-state index contributed by atoms with van der Waals surface area (Å²) in [5.41, 5.74) is 6.81. The number of esters is 1. The van der Waals surface area contributed by atoms with Crippen LogP contribution in [-0.4, -0.2) is 76.5 Å². The first-order valence-corrected chi connectivity index (χ1v) is 19.1. The molecule has 0 fully saturated rings. The molecule has 0 saturated heterocycles. The van der Waals surface area contributed by atoms with Crippen molar-refractivity contribution in [3.63, 3.8) is 0 Å². The van der Waals surface area contributed by atoms with Gasteiger partial charge in [0.25, 0.3) is 5.91 Å². The number of carbonyl (C=O) groups excluding carboxylic acids is 4. The van der Waals surface area contributed by atoms with E-state index in [1.165, 1.54) is 0 Å². The lowest BCUT2D eigenvalue weighted by atomic mass is 9.91. The van der Waals surface area contributed by atoms with Gasteiger partial charge in [-0.15, -0.1) is 10.2 Å². The molecule has 0 saturated carbocycles. The Morgan fingerprint density at radius 1 is 0.982 bits per heavy atom. The van der Waals surface area contributed by atoms with E-state index < -0.39 is 5.97 Å². The maximum atomic E-state index is 13.1. The molecule has 3 aromatic carbocycles. The summed E-state index contributed by atoms with van der Waals surface area (Å²) in [6, 6.07) is 24.7. The molecule has 56 heavy (non-hydrogen) atoms. The van der Waals surface area contributed by atoms with Crippen LogP contribution in [0.4, 0.5) is 11.4 Å². The number of anilines is 2. The van der Waals surface area contributed by atoms with Crippen molar-refractivity contribution < 1.29 is 28.3 Å². The maximum Gasteiger partial charge on any atom is 0.355 e. The number of carbonyl (C=O) groups is 4. The summed E-state index contributed by atoms with van der Waals surface area (Å²) in [6.07, 6.45) is 3.13. The highest BCUT2D eigenvalue weighted by molar-refractivity contribution is 6.01. The first kappa shape index (κ1) is 38.2. The van der Waals surface area contributed by atoms with Crippen LogP contribution in [0.5, 0.6) is 0 Å². The number of nitrogens with zero attached hydrogens (tertiary/aromatic N) is 5. The molecule has 1 aliphatic heterocycles. The van der Waals surface area contributed by atoms with Gasteiger partial charge in [-0.3, -0.25) is 14.4 Å². The SMILES string of the molecule is CCC(=O)N1c2ccccc2[C@H](Nc2ccc(-c3nnc(CNC(=O)c4ccc(Cn5c(C(=O)OCCN(C)C)cc6c5CCCC6=O)cc4)o3)cc2)C[C@@H]1C. The molecule has 13 heteroatoms. The van der Waals surface area contributed by atoms with E-state index in [2.05, 4.69) is 33.8 Å². The Labute approximate surface area is 326 Å². The standard InChI is InChI=1S/C43H47N7O6/c1-5-40(52)50-27(2)23-34(32-9-6-7-10-36(32)50)45-31-19-17-30(18-20-31)42-47-46-39(56-42)25-44-41(53)29-15-13-28(14-16-29)26-49-35-11-8-12-38(51)33(35)24-37(49)43(54)55-22-21-48(3)4/h6-7,9-10,13-20,24,27,34,45H,5,8,11-12,21-23,25-26H2,1-4H3,(H,44,53)/t27-,34+/m0/s1. The number of benzene rings is 3. The van der Waals surface area contributed by atoms with Gasteiger partial charge in [0.1, 0.15) is 12.3 Å². The number of fused-ring (bicyclic) bond motifs is 2. The molecular formula is C43H47N7O6. The number of aromatic nitrogens is 3. The summed E-state index contributed by atoms with van der Waals surface area (Å²) in [4.78, 5) is 55.4. The summed E-state index contributed by atoms with van der Waals surface area (Å²) >= 11 is 0. The van der Waals surface area contributed by atoms with Gasteiger partial charge in [0.2, 0.25) is 17.7 Å². The van der Waals surface area contributed by atoms with E-state index in [1.807, 2.05) is 90.0 Å². The third-order valence-electron chi connectivity index (χ3n) is 10.4. The van der Waals surface area contributed by atoms with Crippen LogP contribution in [0.1, 0.15) is 99.5 Å². The largest absolute Gasteiger partial charge is 0.460 e. The van der Waals surface area contributed by atoms with Gasteiger partial charge in [-0.2, -0.15) is 0 Å². The highest BCUT2D eigenvalue weighted by Crippen LogP contribution is 2.39. The van der Waals surface area contributed by atoms with Gasteiger partial charge in [-0.05, 0) is 99.9 Å². The molecule has 2 aromatic heterocycles. The number of amides is 2. The number of Topliss-reactive ketones (excluding diaryl/α,β-unsaturated/α-hetero) is 1. The molecular weight excluding hydrogens is 711 g/mol. The number of rotatable bonds is 13. The molecule has 2 atom stereocenters. The number of ketones is 1. The number of para-hydroxylation sites is 1. The van der Waals surface area contributed by atoms with E-state index in [0.717, 1.165) is 46.6 Å². The fraction of sp³-hybridized carbons (Fsp3) is 0.349. The fourth-order valence-corrected chi connectivity index (χ4v) is 7.45. The van der Waals surface area contributed by atoms with E-state index in [-0.39, 0.29) is 48.7 Å². The lowest BCUT2D eigenvalue weighted by Gasteiger charge is -2.40. The highest BCUT2D eigenvalue weighted by Gasteiger charge is 2.33. The maximum absolute atomic E-state index is 13.1. The van der Waals surface area contributed by atoms with Crippen molar-refractivity contribution in [3.8, 4) is 11.5 Å². The lowest BCUT2D eigenvalue weighted by Crippen LogP contribution is -2.44. The molecule has 5 aromatic rings. The summed E-state index contributed by atoms with van der Waals surface area (Å²) in [6.45, 7) is 5.22. The first-order chi connectivity index (χ1) is 27.1. The molecule has 1 aliphatic carbocycles. The number of ether oxygens (including phenoxy) is 1. The van der Waals surface area contributed by atoms with Crippen molar-refractivity contribution in [1.29, 1.82) is 0 Å². The van der Waals surface area contributed by atoms with Crippen LogP contribution < -0.4 is 15.5 Å². The average Bonchev–Trinajstić information content (AvgIpc) is 3.83. The number of likely N-dealkylation sites (N-methyl/N-ethyl adjacent to an activating group) is 1. The van der Waals surface area contributed by atoms with Crippen LogP contribution in [0.3, 0.4) is 0 Å². The van der Waals surface area contributed by atoms with Crippen molar-refractivity contribution in [2.75, 3.05) is 37.5 Å². The molecule has 0 bridgehead atoms. The second-order valence-electron chi connectivity index (χ2n) is 14.6. The number of nitrogens with one attached hydrogen (secondary N) is 2. The molecule has 0 spiro atoms. The molecule has 3 heterocycles. The van der Waals surface area contributed by atoms with Crippen molar-refractivity contribution in [2.24, 2.45) is 0 Å². The summed E-state index contributed by atoms with van der Waals surface area (Å²) < 4.78 is 13.3. The molecule has 0 unspecified atom stereocenters. The third-order valence-corrected chi connectivity index (χ3v) is 10.4. The Morgan fingerprint density at radius 3 is 2.50 bits per heavy atom. The molecule has 2 N–H and O–H groups in total. The Hall–Kier alpha value is -6.08. The van der Waals surface area contributed by atoms with E-state index in [4.69, 9.17) is 9.15 Å². The van der Waals surface area contributed by atoms with Crippen LogP contribution in [0, 0.1) is 0 Å². The van der Waals surface area contributed by atoms with Crippen LogP contribution in [0.2, 0.25) is 0 Å². The van der Waals surface area contributed by atoms with Gasteiger partial charge in [0.15, 0.2) is 5.78 Å². The molecule has 2 aliphatic rings. The van der Waals surface area contributed by atoms with E-state index >= 15 is 0 Å². The minimum absolute atomic E-state index is 0.0367. The molecule has 0 radical (unpaired) electrons. The molecule has 13 nitrogen and oxygen atoms in total. The zero-order valence-electron chi connectivity index (χ0n) is 32.2. The smallest absolute Gasteiger partial charge is 0.355 e. The monoisotopic (exact) mass is 757 g/mol. The lowest BCUT2D eigenvalue weighted by molar-refractivity contribution is -0.118. The predicted molar refractivity (Wildman–Crippen MR) is 212 cm³/mol. The van der Waals surface area contributed by atoms with Crippen molar-refractivity contribution in [3.05, 3.63) is 118 Å². The van der Waals surface area contributed by atoms with Gasteiger partial charge < -0.3 is 34.2 Å². The minimum atomic E-state index is -0.460. The Kier molecular flexibility index (Phi) is 11.4. The predicted octanol–water partition coefficient (Wildman–Crippen LogP) is 6.44. The van der Waals surface area contributed by atoms with Gasteiger partial charge >= 0.3 is 5.97 Å². The topological polar surface area (TPSA) is 152 Å². The average molecular weight is 758 g/mol. The van der Waals surface area contributed by atoms with Gasteiger partial charge in [-0.25, -0.2) is 4.79 Å². The van der Waals surface area contributed by atoms with Crippen molar-refractivity contribution >= 4 is 34.9 Å². The normalized spacial score (nSPS) is 16.3. The quantitative estimate of drug-likeness (QED) is 0.128. The van der Waals surface area contributed by atoms with Crippen LogP contribution in [0.15, 0.2) is 83.3 Å². The fourth-order valence-electron chi connectivity index (χ4n) is 7.45. The second-order valence-corrected chi connectivity index (χ2v) is 14.6. The van der Waals surface area contributed by atoms with Crippen LogP contribution in [0.25, 0.3) is 11.5 Å².